The van der Waals surface area contributed by atoms with Crippen LogP contribution >= 0.6 is 11.8 Å². The smallest absolute Gasteiger partial charge is 0.242 e. The molecule has 0 aliphatic carbocycles. The number of hydrogen-bond donors (Lipinski definition) is 1. The van der Waals surface area contributed by atoms with Gasteiger partial charge in [-0.15, -0.1) is 11.8 Å². The summed E-state index contributed by atoms with van der Waals surface area (Å²) in [5, 5.41) is 2.87. The first-order valence-electron chi connectivity index (χ1n) is 9.80. The van der Waals surface area contributed by atoms with Gasteiger partial charge < -0.3 is 10.2 Å². The lowest BCUT2D eigenvalue weighted by molar-refractivity contribution is -0.138. The number of halogens is 1. The summed E-state index contributed by atoms with van der Waals surface area (Å²) in [6.07, 6.45) is 0. The number of rotatable bonds is 10. The normalized spacial score (nSPS) is 11.9. The molecule has 2 amide bonds. The van der Waals surface area contributed by atoms with Crippen LogP contribution in [-0.2, 0) is 21.9 Å². The van der Waals surface area contributed by atoms with Crippen molar-refractivity contribution < 1.29 is 14.0 Å². The van der Waals surface area contributed by atoms with Gasteiger partial charge in [-0.05, 0) is 24.5 Å². The van der Waals surface area contributed by atoms with E-state index >= 15 is 0 Å². The second-order valence-electron chi connectivity index (χ2n) is 7.41. The van der Waals surface area contributed by atoms with E-state index in [2.05, 4.69) is 5.32 Å². The Morgan fingerprint density at radius 3 is 2.34 bits per heavy atom. The Morgan fingerprint density at radius 1 is 1.03 bits per heavy atom. The largest absolute Gasteiger partial charge is 0.354 e. The van der Waals surface area contributed by atoms with Crippen LogP contribution in [0.2, 0.25) is 0 Å². The number of nitrogens with zero attached hydrogens (tertiary/aromatic N) is 1. The minimum absolute atomic E-state index is 0.0632. The van der Waals surface area contributed by atoms with Crippen LogP contribution in [0.25, 0.3) is 0 Å². The van der Waals surface area contributed by atoms with Crippen molar-refractivity contribution in [1.82, 2.24) is 10.2 Å². The first kappa shape index (κ1) is 22.9. The third-order valence-electron chi connectivity index (χ3n) is 4.49. The lowest BCUT2D eigenvalue weighted by Gasteiger charge is -2.29. The molecule has 0 saturated heterocycles. The van der Waals surface area contributed by atoms with Crippen LogP contribution in [0.5, 0.6) is 0 Å². The highest BCUT2D eigenvalue weighted by Gasteiger charge is 2.26. The van der Waals surface area contributed by atoms with Crippen molar-refractivity contribution in [2.75, 3.05) is 12.3 Å². The standard InChI is InChI=1S/C23H29FN2O2S/c1-17(2)13-25-23(28)18(3)26(14-20-11-7-8-12-21(20)24)22(27)16-29-15-19-9-5-4-6-10-19/h4-12,17-18H,13-16H2,1-3H3,(H,25,28)/t18-/m1/s1. The van der Waals surface area contributed by atoms with Gasteiger partial charge in [0.05, 0.1) is 5.75 Å². The molecule has 0 radical (unpaired) electrons. The fourth-order valence-corrected chi connectivity index (χ4v) is 3.63. The third-order valence-corrected chi connectivity index (χ3v) is 5.48. The maximum atomic E-state index is 14.2. The summed E-state index contributed by atoms with van der Waals surface area (Å²) in [6.45, 7) is 6.30. The van der Waals surface area contributed by atoms with Crippen molar-refractivity contribution >= 4 is 23.6 Å². The summed E-state index contributed by atoms with van der Waals surface area (Å²) in [5.41, 5.74) is 1.53. The van der Waals surface area contributed by atoms with Crippen molar-refractivity contribution in [1.29, 1.82) is 0 Å². The van der Waals surface area contributed by atoms with Crippen LogP contribution in [0.3, 0.4) is 0 Å². The molecule has 2 aromatic carbocycles. The minimum atomic E-state index is -0.682. The molecule has 2 rings (SSSR count). The SMILES string of the molecule is CC(C)CNC(=O)[C@@H](C)N(Cc1ccccc1F)C(=O)CSCc1ccccc1. The first-order chi connectivity index (χ1) is 13.9. The molecule has 0 heterocycles. The van der Waals surface area contributed by atoms with Gasteiger partial charge in [-0.3, -0.25) is 9.59 Å². The van der Waals surface area contributed by atoms with Crippen molar-refractivity contribution in [2.45, 2.75) is 39.1 Å². The lowest BCUT2D eigenvalue weighted by atomic mass is 10.1. The number of nitrogens with one attached hydrogen (secondary N) is 1. The zero-order chi connectivity index (χ0) is 21.2. The van der Waals surface area contributed by atoms with Gasteiger partial charge in [-0.2, -0.15) is 0 Å². The lowest BCUT2D eigenvalue weighted by Crippen LogP contribution is -2.48. The number of carbonyl (C=O) groups excluding carboxylic acids is 2. The molecule has 0 fully saturated rings. The molecule has 1 atom stereocenters. The number of thioether (sulfide) groups is 1. The Balaban J connectivity index is 2.06. The highest BCUT2D eigenvalue weighted by atomic mass is 32.2. The van der Waals surface area contributed by atoms with Crippen molar-refractivity contribution in [2.24, 2.45) is 5.92 Å². The fourth-order valence-electron chi connectivity index (χ4n) is 2.76. The number of amides is 2. The Morgan fingerprint density at radius 2 is 1.69 bits per heavy atom. The number of benzene rings is 2. The average Bonchev–Trinajstić information content (AvgIpc) is 2.71. The predicted octanol–water partition coefficient (Wildman–Crippen LogP) is 4.25. The van der Waals surface area contributed by atoms with Gasteiger partial charge in [0.15, 0.2) is 0 Å². The molecule has 156 valence electrons. The second kappa shape index (κ2) is 11.6. The fraction of sp³-hybridized carbons (Fsp3) is 0.391. The van der Waals surface area contributed by atoms with E-state index in [1.54, 1.807) is 25.1 Å². The van der Waals surface area contributed by atoms with E-state index in [0.29, 0.717) is 23.8 Å². The topological polar surface area (TPSA) is 49.4 Å². The van der Waals surface area contributed by atoms with Gasteiger partial charge in [0.25, 0.3) is 0 Å². The van der Waals surface area contributed by atoms with Crippen LogP contribution in [0, 0.1) is 11.7 Å². The average molecular weight is 417 g/mol. The highest BCUT2D eigenvalue weighted by Crippen LogP contribution is 2.17. The minimum Gasteiger partial charge on any atom is -0.354 e. The van der Waals surface area contributed by atoms with Crippen LogP contribution < -0.4 is 5.32 Å². The van der Waals surface area contributed by atoms with Crippen LogP contribution in [0.1, 0.15) is 31.9 Å². The van der Waals surface area contributed by atoms with E-state index in [4.69, 9.17) is 0 Å². The Kier molecular flexibility index (Phi) is 9.19. The molecule has 0 saturated carbocycles. The molecule has 0 aliphatic heterocycles. The van der Waals surface area contributed by atoms with Gasteiger partial charge in [-0.25, -0.2) is 4.39 Å². The van der Waals surface area contributed by atoms with Crippen molar-refractivity contribution in [3.63, 3.8) is 0 Å². The van der Waals surface area contributed by atoms with Gasteiger partial charge in [0.2, 0.25) is 11.8 Å². The molecule has 2 aromatic rings. The van der Waals surface area contributed by atoms with E-state index in [1.807, 2.05) is 44.2 Å². The number of carbonyl (C=O) groups is 2. The molecule has 0 aromatic heterocycles. The molecular formula is C23H29FN2O2S. The van der Waals surface area contributed by atoms with Gasteiger partial charge in [-0.1, -0.05) is 62.4 Å². The Bertz CT molecular complexity index is 798. The molecule has 4 nitrogen and oxygen atoms in total. The molecule has 6 heteroatoms. The maximum absolute atomic E-state index is 14.2. The van der Waals surface area contributed by atoms with Crippen LogP contribution in [-0.4, -0.2) is 35.1 Å². The van der Waals surface area contributed by atoms with Crippen molar-refractivity contribution in [3.8, 4) is 0 Å². The third kappa shape index (κ3) is 7.54. The second-order valence-corrected chi connectivity index (χ2v) is 8.39. The Labute approximate surface area is 176 Å². The number of hydrogen-bond acceptors (Lipinski definition) is 3. The van der Waals surface area contributed by atoms with E-state index in [0.717, 1.165) is 5.56 Å². The molecule has 0 unspecified atom stereocenters. The Hall–Kier alpha value is -2.34. The zero-order valence-electron chi connectivity index (χ0n) is 17.2. The quantitative estimate of drug-likeness (QED) is 0.630. The van der Waals surface area contributed by atoms with Gasteiger partial charge in [0, 0.05) is 24.4 Å². The molecule has 0 aliphatic rings. The maximum Gasteiger partial charge on any atom is 0.242 e. The molecule has 0 bridgehead atoms. The summed E-state index contributed by atoms with van der Waals surface area (Å²) in [6, 6.07) is 15.6. The zero-order valence-corrected chi connectivity index (χ0v) is 18.0. The summed E-state index contributed by atoms with van der Waals surface area (Å²) >= 11 is 1.49. The van der Waals surface area contributed by atoms with E-state index in [9.17, 15) is 14.0 Å². The summed E-state index contributed by atoms with van der Waals surface area (Å²) in [4.78, 5) is 27.0. The molecular weight excluding hydrogens is 387 g/mol. The molecule has 29 heavy (non-hydrogen) atoms. The van der Waals surface area contributed by atoms with E-state index in [-0.39, 0.29) is 29.9 Å². The molecule has 1 N–H and O–H groups in total. The van der Waals surface area contributed by atoms with Crippen molar-refractivity contribution in [3.05, 3.63) is 71.5 Å². The van der Waals surface area contributed by atoms with Gasteiger partial charge >= 0.3 is 0 Å². The first-order valence-corrected chi connectivity index (χ1v) is 11.0. The van der Waals surface area contributed by atoms with Crippen LogP contribution in [0.4, 0.5) is 4.39 Å². The highest BCUT2D eigenvalue weighted by molar-refractivity contribution is 7.99. The van der Waals surface area contributed by atoms with Crippen LogP contribution in [0.15, 0.2) is 54.6 Å². The monoisotopic (exact) mass is 416 g/mol. The summed E-state index contributed by atoms with van der Waals surface area (Å²) in [7, 11) is 0. The molecule has 0 spiro atoms. The van der Waals surface area contributed by atoms with E-state index < -0.39 is 6.04 Å². The predicted molar refractivity (Wildman–Crippen MR) is 117 cm³/mol. The summed E-state index contributed by atoms with van der Waals surface area (Å²) in [5.74, 6) is 0.456. The van der Waals surface area contributed by atoms with E-state index in [1.165, 1.54) is 22.7 Å². The summed E-state index contributed by atoms with van der Waals surface area (Å²) < 4.78 is 14.2. The van der Waals surface area contributed by atoms with Gasteiger partial charge in [0.1, 0.15) is 11.9 Å².